The van der Waals surface area contributed by atoms with Crippen LogP contribution in [0, 0.1) is 0 Å². The summed E-state index contributed by atoms with van der Waals surface area (Å²) in [6.07, 6.45) is 0. The Kier molecular flexibility index (Phi) is 3.87. The molecule has 2 aromatic rings. The number of H-pyrrole nitrogens is 1. The molecule has 5 nitrogen and oxygen atoms in total. The van der Waals surface area contributed by atoms with Crippen LogP contribution in [0.1, 0.15) is 11.4 Å². The second-order valence-corrected chi connectivity index (χ2v) is 4.49. The molecular weight excluding hydrogens is 293 g/mol. The molecule has 0 amide bonds. The van der Waals surface area contributed by atoms with E-state index < -0.39 is 0 Å². The number of nitrogens with one attached hydrogen (secondary N) is 2. The third kappa shape index (κ3) is 3.01. The van der Waals surface area contributed by atoms with Gasteiger partial charge < -0.3 is 5.32 Å². The number of hydrogen-bond donors (Lipinski definition) is 2. The fourth-order valence-electron chi connectivity index (χ4n) is 1.23. The normalized spacial score (nSPS) is 10.6. The van der Waals surface area contributed by atoms with Gasteiger partial charge in [-0.3, -0.25) is 0 Å². The highest BCUT2D eigenvalue weighted by Gasteiger charge is 2.02. The molecule has 84 valence electrons. The highest BCUT2D eigenvalue weighted by molar-refractivity contribution is 9.10. The first-order valence-corrected chi connectivity index (χ1v) is 5.80. The van der Waals surface area contributed by atoms with E-state index >= 15 is 0 Å². The molecular formula is C9H9BrClN5. The molecule has 0 aliphatic rings. The summed E-state index contributed by atoms with van der Waals surface area (Å²) in [4.78, 5) is 0. The van der Waals surface area contributed by atoms with Gasteiger partial charge in [0.15, 0.2) is 5.82 Å². The van der Waals surface area contributed by atoms with Gasteiger partial charge in [-0.1, -0.05) is 38.8 Å². The van der Waals surface area contributed by atoms with Crippen LogP contribution in [0.5, 0.6) is 0 Å². The van der Waals surface area contributed by atoms with Gasteiger partial charge in [0.1, 0.15) is 0 Å². The van der Waals surface area contributed by atoms with E-state index in [1.165, 1.54) is 0 Å². The first kappa shape index (κ1) is 11.5. The molecule has 0 aliphatic carbocycles. The minimum atomic E-state index is 0.558. The van der Waals surface area contributed by atoms with E-state index in [9.17, 15) is 0 Å². The molecule has 7 heteroatoms. The van der Waals surface area contributed by atoms with Crippen LogP contribution < -0.4 is 5.32 Å². The van der Waals surface area contributed by atoms with Crippen LogP contribution in [0.4, 0.5) is 0 Å². The molecule has 0 saturated heterocycles. The highest BCUT2D eigenvalue weighted by Crippen LogP contribution is 2.21. The van der Waals surface area contributed by atoms with Gasteiger partial charge in [0, 0.05) is 16.0 Å². The van der Waals surface area contributed by atoms with Gasteiger partial charge in [-0.05, 0) is 17.7 Å². The van der Waals surface area contributed by atoms with Gasteiger partial charge >= 0.3 is 0 Å². The molecule has 2 rings (SSSR count). The third-order valence-corrected chi connectivity index (χ3v) is 2.85. The number of aromatic nitrogens is 4. The number of nitrogens with zero attached hydrogens (tertiary/aromatic N) is 3. The summed E-state index contributed by atoms with van der Waals surface area (Å²) >= 11 is 9.43. The maximum Gasteiger partial charge on any atom is 0.188 e. The number of tetrazole rings is 1. The van der Waals surface area contributed by atoms with Crippen molar-refractivity contribution >= 4 is 27.5 Å². The predicted molar refractivity (Wildman–Crippen MR) is 63.9 cm³/mol. The van der Waals surface area contributed by atoms with E-state index in [4.69, 9.17) is 11.6 Å². The summed E-state index contributed by atoms with van der Waals surface area (Å²) in [6.45, 7) is 1.23. The Morgan fingerprint density at radius 1 is 1.38 bits per heavy atom. The Morgan fingerprint density at radius 3 is 2.94 bits per heavy atom. The van der Waals surface area contributed by atoms with E-state index in [1.807, 2.05) is 18.2 Å². The molecule has 0 unspecified atom stereocenters. The van der Waals surface area contributed by atoms with Crippen molar-refractivity contribution in [3.05, 3.63) is 39.1 Å². The third-order valence-electron chi connectivity index (χ3n) is 2.00. The molecule has 2 N–H and O–H groups in total. The zero-order valence-electron chi connectivity index (χ0n) is 8.24. The van der Waals surface area contributed by atoms with Gasteiger partial charge in [0.25, 0.3) is 0 Å². The van der Waals surface area contributed by atoms with Crippen LogP contribution >= 0.6 is 27.5 Å². The van der Waals surface area contributed by atoms with Crippen LogP contribution in [0.25, 0.3) is 0 Å². The van der Waals surface area contributed by atoms with E-state index in [0.29, 0.717) is 18.9 Å². The second-order valence-electron chi connectivity index (χ2n) is 3.17. The summed E-state index contributed by atoms with van der Waals surface area (Å²) in [7, 11) is 0. The van der Waals surface area contributed by atoms with Gasteiger partial charge in [-0.25, -0.2) is 0 Å². The molecule has 1 aromatic heterocycles. The SMILES string of the molecule is Clc1cc(Br)ccc1CNCc1nn[nH]n1. The molecule has 0 radical (unpaired) electrons. The lowest BCUT2D eigenvalue weighted by atomic mass is 10.2. The Hall–Kier alpha value is -0.980. The van der Waals surface area contributed by atoms with Crippen molar-refractivity contribution in [2.45, 2.75) is 13.1 Å². The van der Waals surface area contributed by atoms with Gasteiger partial charge in [0.05, 0.1) is 6.54 Å². The lowest BCUT2D eigenvalue weighted by Gasteiger charge is -2.05. The maximum absolute atomic E-state index is 6.07. The Morgan fingerprint density at radius 2 is 2.25 bits per heavy atom. The zero-order valence-corrected chi connectivity index (χ0v) is 10.6. The van der Waals surface area contributed by atoms with Gasteiger partial charge in [-0.2, -0.15) is 5.21 Å². The minimum absolute atomic E-state index is 0.558. The van der Waals surface area contributed by atoms with Gasteiger partial charge in [0.2, 0.25) is 0 Å². The Bertz CT molecular complexity index is 459. The molecule has 1 heterocycles. The number of rotatable bonds is 4. The molecule has 0 saturated carbocycles. The standard InChI is InChI=1S/C9H9BrClN5/c10-7-2-1-6(8(11)3-7)4-12-5-9-13-15-16-14-9/h1-3,12H,4-5H2,(H,13,14,15,16). The van der Waals surface area contributed by atoms with Crippen LogP contribution in [-0.2, 0) is 13.1 Å². The van der Waals surface area contributed by atoms with Gasteiger partial charge in [-0.15, -0.1) is 10.2 Å². The monoisotopic (exact) mass is 301 g/mol. The quantitative estimate of drug-likeness (QED) is 0.905. The van der Waals surface area contributed by atoms with E-state index in [-0.39, 0.29) is 0 Å². The van der Waals surface area contributed by atoms with Crippen molar-refractivity contribution in [2.24, 2.45) is 0 Å². The molecule has 0 atom stereocenters. The lowest BCUT2D eigenvalue weighted by molar-refractivity contribution is 0.663. The van der Waals surface area contributed by atoms with Crippen molar-refractivity contribution < 1.29 is 0 Å². The molecule has 0 fully saturated rings. The average molecular weight is 303 g/mol. The number of halogens is 2. The minimum Gasteiger partial charge on any atom is -0.306 e. The van der Waals surface area contributed by atoms with Crippen molar-refractivity contribution in [1.29, 1.82) is 0 Å². The predicted octanol–water partition coefficient (Wildman–Crippen LogP) is 1.91. The second kappa shape index (κ2) is 5.38. The number of hydrogen-bond acceptors (Lipinski definition) is 4. The van der Waals surface area contributed by atoms with Crippen molar-refractivity contribution in [3.63, 3.8) is 0 Å². The summed E-state index contributed by atoms with van der Waals surface area (Å²) in [5, 5.41) is 17.4. The lowest BCUT2D eigenvalue weighted by Crippen LogP contribution is -2.14. The topological polar surface area (TPSA) is 66.5 Å². The van der Waals surface area contributed by atoms with E-state index in [1.54, 1.807) is 0 Å². The van der Waals surface area contributed by atoms with E-state index in [0.717, 1.165) is 15.1 Å². The Labute approximate surface area is 106 Å². The summed E-state index contributed by atoms with van der Waals surface area (Å²) in [6, 6.07) is 5.79. The first-order valence-electron chi connectivity index (χ1n) is 4.62. The molecule has 1 aromatic carbocycles. The van der Waals surface area contributed by atoms with Crippen molar-refractivity contribution in [3.8, 4) is 0 Å². The van der Waals surface area contributed by atoms with Crippen LogP contribution in [-0.4, -0.2) is 20.6 Å². The largest absolute Gasteiger partial charge is 0.306 e. The maximum atomic E-state index is 6.07. The summed E-state index contributed by atoms with van der Waals surface area (Å²) in [5.74, 6) is 0.633. The zero-order chi connectivity index (χ0) is 11.4. The molecule has 0 aliphatic heterocycles. The van der Waals surface area contributed by atoms with Crippen molar-refractivity contribution in [1.82, 2.24) is 25.9 Å². The average Bonchev–Trinajstić information content (AvgIpc) is 2.74. The fourth-order valence-corrected chi connectivity index (χ4v) is 1.97. The molecule has 0 spiro atoms. The summed E-state index contributed by atoms with van der Waals surface area (Å²) < 4.78 is 0.972. The van der Waals surface area contributed by atoms with Crippen molar-refractivity contribution in [2.75, 3.05) is 0 Å². The van der Waals surface area contributed by atoms with E-state index in [2.05, 4.69) is 41.9 Å². The Balaban J connectivity index is 1.90. The summed E-state index contributed by atoms with van der Waals surface area (Å²) in [5.41, 5.74) is 1.04. The van der Waals surface area contributed by atoms with Crippen LogP contribution in [0.3, 0.4) is 0 Å². The smallest absolute Gasteiger partial charge is 0.188 e. The molecule has 0 bridgehead atoms. The van der Waals surface area contributed by atoms with Crippen LogP contribution in [0.15, 0.2) is 22.7 Å². The fraction of sp³-hybridized carbons (Fsp3) is 0.222. The molecule has 16 heavy (non-hydrogen) atoms. The number of aromatic amines is 1. The first-order chi connectivity index (χ1) is 7.75. The number of benzene rings is 1. The highest BCUT2D eigenvalue weighted by atomic mass is 79.9. The van der Waals surface area contributed by atoms with Crippen LogP contribution in [0.2, 0.25) is 5.02 Å².